The molecule has 20 heavy (non-hydrogen) atoms. The van der Waals surface area contributed by atoms with E-state index in [0.29, 0.717) is 19.6 Å². The molecule has 0 heterocycles. The van der Waals surface area contributed by atoms with Crippen LogP contribution in [0.3, 0.4) is 0 Å². The molecule has 2 N–H and O–H groups in total. The smallest absolute Gasteiger partial charge is 0.118 e. The van der Waals surface area contributed by atoms with Crippen LogP contribution in [0.4, 0.5) is 0 Å². The lowest BCUT2D eigenvalue weighted by molar-refractivity contribution is 0.0226. The zero-order valence-corrected chi connectivity index (χ0v) is 13.0. The van der Waals surface area contributed by atoms with Gasteiger partial charge in [-0.25, -0.2) is 0 Å². The van der Waals surface area contributed by atoms with E-state index in [-0.39, 0.29) is 6.04 Å². The van der Waals surface area contributed by atoms with Gasteiger partial charge in [-0.15, -0.1) is 0 Å². The third-order valence-electron chi connectivity index (χ3n) is 3.50. The molecule has 0 fully saturated rings. The highest BCUT2D eigenvalue weighted by Crippen LogP contribution is 2.21. The quantitative estimate of drug-likeness (QED) is 0.730. The van der Waals surface area contributed by atoms with Crippen molar-refractivity contribution in [2.24, 2.45) is 0 Å². The van der Waals surface area contributed by atoms with Crippen LogP contribution in [0.1, 0.15) is 38.3 Å². The predicted molar refractivity (Wildman–Crippen MR) is 81.1 cm³/mol. The van der Waals surface area contributed by atoms with Gasteiger partial charge in [-0.1, -0.05) is 19.1 Å². The van der Waals surface area contributed by atoms with E-state index in [1.54, 1.807) is 14.2 Å². The summed E-state index contributed by atoms with van der Waals surface area (Å²) in [4.78, 5) is 0. The van der Waals surface area contributed by atoms with Crippen molar-refractivity contribution in [1.29, 1.82) is 0 Å². The molecule has 1 rings (SSSR count). The summed E-state index contributed by atoms with van der Waals surface area (Å²) in [5.41, 5.74) is 0.450. The van der Waals surface area contributed by atoms with Crippen LogP contribution >= 0.6 is 0 Å². The summed E-state index contributed by atoms with van der Waals surface area (Å²) in [5.74, 6) is 0.857. The van der Waals surface area contributed by atoms with E-state index in [9.17, 15) is 5.11 Å². The van der Waals surface area contributed by atoms with Gasteiger partial charge in [0.25, 0.3) is 0 Å². The number of nitrogens with one attached hydrogen (secondary N) is 1. The van der Waals surface area contributed by atoms with Gasteiger partial charge in [0.05, 0.1) is 12.7 Å². The Morgan fingerprint density at radius 1 is 1.25 bits per heavy atom. The summed E-state index contributed by atoms with van der Waals surface area (Å²) in [5, 5.41) is 13.7. The van der Waals surface area contributed by atoms with Crippen LogP contribution in [0.15, 0.2) is 24.3 Å². The second kappa shape index (κ2) is 8.25. The Morgan fingerprint density at radius 3 is 2.40 bits per heavy atom. The molecule has 0 aliphatic carbocycles. The summed E-state index contributed by atoms with van der Waals surface area (Å²) in [6, 6.07) is 8.27. The first-order valence-corrected chi connectivity index (χ1v) is 7.11. The molecule has 2 unspecified atom stereocenters. The van der Waals surface area contributed by atoms with Crippen LogP contribution in [-0.4, -0.2) is 38.1 Å². The molecule has 4 heteroatoms. The fraction of sp³-hybridized carbons (Fsp3) is 0.625. The minimum atomic E-state index is -0.754. The number of rotatable bonds is 9. The zero-order chi connectivity index (χ0) is 15.0. The Kier molecular flexibility index (Phi) is 6.99. The molecule has 0 bridgehead atoms. The highest BCUT2D eigenvalue weighted by atomic mass is 16.5. The maximum atomic E-state index is 10.3. The van der Waals surface area contributed by atoms with E-state index in [2.05, 4.69) is 24.4 Å². The fourth-order valence-electron chi connectivity index (χ4n) is 2.09. The van der Waals surface area contributed by atoms with Crippen LogP contribution in [0.5, 0.6) is 5.75 Å². The van der Waals surface area contributed by atoms with Gasteiger partial charge >= 0.3 is 0 Å². The number of hydrogen-bond acceptors (Lipinski definition) is 4. The first-order valence-electron chi connectivity index (χ1n) is 7.11. The summed E-state index contributed by atoms with van der Waals surface area (Å²) >= 11 is 0. The van der Waals surface area contributed by atoms with Crippen LogP contribution < -0.4 is 10.1 Å². The molecule has 0 aliphatic heterocycles. The van der Waals surface area contributed by atoms with Crippen molar-refractivity contribution in [1.82, 2.24) is 5.32 Å². The van der Waals surface area contributed by atoms with Crippen LogP contribution in [-0.2, 0) is 4.74 Å². The van der Waals surface area contributed by atoms with E-state index < -0.39 is 5.60 Å². The SMILES string of the molecule is CCC(NCC(C)(O)CCOC)c1ccc(OC)cc1. The number of ether oxygens (including phenoxy) is 2. The Labute approximate surface area is 122 Å². The van der Waals surface area contributed by atoms with Gasteiger partial charge in [-0.2, -0.15) is 0 Å². The molecule has 2 atom stereocenters. The number of aliphatic hydroxyl groups is 1. The van der Waals surface area contributed by atoms with Crippen molar-refractivity contribution in [3.05, 3.63) is 29.8 Å². The lowest BCUT2D eigenvalue weighted by Gasteiger charge is -2.27. The number of hydrogen-bond donors (Lipinski definition) is 2. The van der Waals surface area contributed by atoms with E-state index in [4.69, 9.17) is 9.47 Å². The normalized spacial score (nSPS) is 15.7. The van der Waals surface area contributed by atoms with Gasteiger partial charge in [0.2, 0.25) is 0 Å². The molecule has 1 aromatic rings. The Bertz CT molecular complexity index is 376. The topological polar surface area (TPSA) is 50.7 Å². The third-order valence-corrected chi connectivity index (χ3v) is 3.50. The molecular weight excluding hydrogens is 254 g/mol. The Hall–Kier alpha value is -1.10. The summed E-state index contributed by atoms with van der Waals surface area (Å²) in [7, 11) is 3.31. The molecule has 4 nitrogen and oxygen atoms in total. The average molecular weight is 281 g/mol. The van der Waals surface area contributed by atoms with Crippen molar-refractivity contribution in [2.75, 3.05) is 27.4 Å². The van der Waals surface area contributed by atoms with Crippen LogP contribution in [0.25, 0.3) is 0 Å². The van der Waals surface area contributed by atoms with Gasteiger partial charge in [0.15, 0.2) is 0 Å². The second-order valence-electron chi connectivity index (χ2n) is 5.35. The molecule has 1 aromatic carbocycles. The Balaban J connectivity index is 2.57. The largest absolute Gasteiger partial charge is 0.497 e. The first kappa shape index (κ1) is 17.0. The summed E-state index contributed by atoms with van der Waals surface area (Å²) < 4.78 is 10.2. The lowest BCUT2D eigenvalue weighted by Crippen LogP contribution is -2.40. The van der Waals surface area contributed by atoms with Gasteiger partial charge < -0.3 is 19.9 Å². The van der Waals surface area contributed by atoms with Crippen LogP contribution in [0, 0.1) is 0 Å². The van der Waals surface area contributed by atoms with Gasteiger partial charge in [0.1, 0.15) is 5.75 Å². The van der Waals surface area contributed by atoms with Crippen molar-refractivity contribution >= 4 is 0 Å². The fourth-order valence-corrected chi connectivity index (χ4v) is 2.09. The van der Waals surface area contributed by atoms with Crippen molar-refractivity contribution < 1.29 is 14.6 Å². The maximum absolute atomic E-state index is 10.3. The maximum Gasteiger partial charge on any atom is 0.118 e. The zero-order valence-electron chi connectivity index (χ0n) is 13.0. The molecule has 114 valence electrons. The molecule has 0 saturated heterocycles. The van der Waals surface area contributed by atoms with Crippen molar-refractivity contribution in [2.45, 2.75) is 38.3 Å². The monoisotopic (exact) mass is 281 g/mol. The van der Waals surface area contributed by atoms with Crippen molar-refractivity contribution in [3.63, 3.8) is 0 Å². The standard InChI is InChI=1S/C16H27NO3/c1-5-15(13-6-8-14(20-4)9-7-13)17-12-16(2,18)10-11-19-3/h6-9,15,17-18H,5,10-12H2,1-4H3. The van der Waals surface area contributed by atoms with Crippen molar-refractivity contribution in [3.8, 4) is 5.75 Å². The predicted octanol–water partition coefficient (Wildman–Crippen LogP) is 2.52. The van der Waals surface area contributed by atoms with E-state index >= 15 is 0 Å². The molecule has 0 saturated carbocycles. The highest BCUT2D eigenvalue weighted by Gasteiger charge is 2.21. The van der Waals surface area contributed by atoms with Crippen LogP contribution in [0.2, 0.25) is 0 Å². The Morgan fingerprint density at radius 2 is 1.90 bits per heavy atom. The molecule has 0 amide bonds. The van der Waals surface area contributed by atoms with E-state index in [0.717, 1.165) is 12.2 Å². The van der Waals surface area contributed by atoms with Gasteiger partial charge in [0, 0.05) is 32.7 Å². The molecule has 0 radical (unpaired) electrons. The highest BCUT2D eigenvalue weighted by molar-refractivity contribution is 5.29. The number of methoxy groups -OCH3 is 2. The van der Waals surface area contributed by atoms with Gasteiger partial charge in [-0.05, 0) is 31.0 Å². The molecule has 0 spiro atoms. The molecule has 0 aliphatic rings. The summed E-state index contributed by atoms with van der Waals surface area (Å²) in [6.45, 7) is 5.07. The molecular formula is C16H27NO3. The third kappa shape index (κ3) is 5.49. The number of benzene rings is 1. The first-order chi connectivity index (χ1) is 9.52. The minimum Gasteiger partial charge on any atom is -0.497 e. The van der Waals surface area contributed by atoms with Gasteiger partial charge in [-0.3, -0.25) is 0 Å². The average Bonchev–Trinajstić information content (AvgIpc) is 2.46. The molecule has 0 aromatic heterocycles. The minimum absolute atomic E-state index is 0.231. The van der Waals surface area contributed by atoms with E-state index in [1.165, 1.54) is 5.56 Å². The van der Waals surface area contributed by atoms with E-state index in [1.807, 2.05) is 19.1 Å². The summed E-state index contributed by atoms with van der Waals surface area (Å²) in [6.07, 6.45) is 1.59. The second-order valence-corrected chi connectivity index (χ2v) is 5.35. The lowest BCUT2D eigenvalue weighted by atomic mass is 10.00.